The van der Waals surface area contributed by atoms with E-state index in [1.807, 2.05) is 13.8 Å². The molecule has 0 radical (unpaired) electrons. The lowest BCUT2D eigenvalue weighted by atomic mass is 10.1. The summed E-state index contributed by atoms with van der Waals surface area (Å²) in [7, 11) is -9.06. The van der Waals surface area contributed by atoms with Gasteiger partial charge in [0.15, 0.2) is 0 Å². The zero-order valence-electron chi connectivity index (χ0n) is 18.2. The molecule has 0 aliphatic heterocycles. The number of nitrogens with zero attached hydrogens (tertiary/aromatic N) is 2. The number of aryl methyl sites for hydroxylation is 1. The van der Waals surface area contributed by atoms with Gasteiger partial charge in [-0.3, -0.25) is 0 Å². The smallest absolute Gasteiger partial charge is 0.277 e. The Hall–Kier alpha value is -2.40. The van der Waals surface area contributed by atoms with Crippen LogP contribution in [0.15, 0.2) is 104 Å². The van der Waals surface area contributed by atoms with Crippen molar-refractivity contribution in [2.45, 2.75) is 23.6 Å². The van der Waals surface area contributed by atoms with Crippen LogP contribution >= 0.6 is 31.9 Å². The molecule has 34 heavy (non-hydrogen) atoms. The van der Waals surface area contributed by atoms with Gasteiger partial charge in [-0.25, -0.2) is 16.8 Å². The summed E-state index contributed by atoms with van der Waals surface area (Å²) < 4.78 is 59.5. The molecule has 4 rings (SSSR count). The van der Waals surface area contributed by atoms with E-state index in [0.717, 1.165) is 11.1 Å². The van der Waals surface area contributed by atoms with Crippen molar-refractivity contribution in [3.8, 4) is 5.69 Å². The zero-order chi connectivity index (χ0) is 24.7. The molecule has 176 valence electrons. The van der Waals surface area contributed by atoms with Gasteiger partial charge in [0.25, 0.3) is 20.0 Å². The normalized spacial score (nSPS) is 12.0. The average molecular weight is 624 g/mol. The summed E-state index contributed by atoms with van der Waals surface area (Å²) in [4.78, 5) is -0.291. The molecular weight excluding hydrogens is 604 g/mol. The molecule has 4 aromatic rings. The van der Waals surface area contributed by atoms with Crippen LogP contribution in [-0.2, 0) is 20.0 Å². The second-order valence-corrected chi connectivity index (χ2v) is 13.2. The van der Waals surface area contributed by atoms with E-state index < -0.39 is 20.0 Å². The first kappa shape index (κ1) is 24.7. The molecule has 0 unspecified atom stereocenters. The molecule has 0 aliphatic carbocycles. The van der Waals surface area contributed by atoms with Gasteiger partial charge in [-0.2, -0.15) is 3.71 Å². The Morgan fingerprint density at radius 2 is 1.12 bits per heavy atom. The van der Waals surface area contributed by atoms with Gasteiger partial charge in [0, 0.05) is 21.3 Å². The van der Waals surface area contributed by atoms with Crippen molar-refractivity contribution in [1.82, 2.24) is 4.57 Å². The van der Waals surface area contributed by atoms with E-state index in [0.29, 0.717) is 18.3 Å². The predicted molar refractivity (Wildman–Crippen MR) is 140 cm³/mol. The summed E-state index contributed by atoms with van der Waals surface area (Å²) >= 11 is 6.60. The molecule has 0 spiro atoms. The summed E-state index contributed by atoms with van der Waals surface area (Å²) in [5.74, 6) is 0. The predicted octanol–water partition coefficient (Wildman–Crippen LogP) is 6.20. The molecule has 0 N–H and O–H groups in total. The molecule has 3 aromatic carbocycles. The third-order valence-corrected chi connectivity index (χ3v) is 10.6. The monoisotopic (exact) mass is 622 g/mol. The van der Waals surface area contributed by atoms with Crippen LogP contribution in [0.5, 0.6) is 0 Å². The van der Waals surface area contributed by atoms with Gasteiger partial charge in [0.2, 0.25) is 0 Å². The topological polar surface area (TPSA) is 76.5 Å². The van der Waals surface area contributed by atoms with Crippen LogP contribution in [-0.4, -0.2) is 21.4 Å². The standard InChI is InChI=1S/C24H20Br2N2O4S2/c1-17-5-14-23(24(18(17)2)27-15-3-4-16-27)28(33(29,30)21-10-6-19(25)7-11-21)34(31,32)22-12-8-20(26)9-13-22/h3-16H,1-2H3. The second kappa shape index (κ2) is 9.33. The van der Waals surface area contributed by atoms with E-state index in [9.17, 15) is 16.8 Å². The van der Waals surface area contributed by atoms with Crippen LogP contribution in [0.3, 0.4) is 0 Å². The number of aromatic nitrogens is 1. The van der Waals surface area contributed by atoms with E-state index in [-0.39, 0.29) is 15.5 Å². The first-order chi connectivity index (χ1) is 16.0. The molecule has 0 amide bonds. The van der Waals surface area contributed by atoms with Crippen LogP contribution in [0.25, 0.3) is 5.69 Å². The van der Waals surface area contributed by atoms with E-state index >= 15 is 0 Å². The first-order valence-electron chi connectivity index (χ1n) is 10.1. The number of hydrogen-bond acceptors (Lipinski definition) is 4. The molecule has 0 atom stereocenters. The largest absolute Gasteiger partial charge is 0.322 e. The Morgan fingerprint density at radius 1 is 0.676 bits per heavy atom. The summed E-state index contributed by atoms with van der Waals surface area (Å²) in [6.45, 7) is 3.73. The van der Waals surface area contributed by atoms with Crippen molar-refractivity contribution in [2.75, 3.05) is 3.71 Å². The lowest BCUT2D eigenvalue weighted by Gasteiger charge is -2.28. The van der Waals surface area contributed by atoms with Gasteiger partial charge in [-0.1, -0.05) is 37.9 Å². The van der Waals surface area contributed by atoms with Gasteiger partial charge in [-0.15, -0.1) is 0 Å². The van der Waals surface area contributed by atoms with Crippen molar-refractivity contribution in [3.63, 3.8) is 0 Å². The van der Waals surface area contributed by atoms with Crippen molar-refractivity contribution in [3.05, 3.63) is 105 Å². The fraction of sp³-hybridized carbons (Fsp3) is 0.0833. The fourth-order valence-electron chi connectivity index (χ4n) is 3.54. The Labute approximate surface area is 216 Å². The van der Waals surface area contributed by atoms with E-state index in [2.05, 4.69) is 31.9 Å². The molecule has 1 heterocycles. The minimum Gasteiger partial charge on any atom is -0.322 e. The number of benzene rings is 3. The highest BCUT2D eigenvalue weighted by molar-refractivity contribution is 9.10. The Balaban J connectivity index is 2.07. The van der Waals surface area contributed by atoms with Crippen molar-refractivity contribution < 1.29 is 16.8 Å². The maximum Gasteiger partial charge on any atom is 0.277 e. The van der Waals surface area contributed by atoms with Crippen LogP contribution in [0.4, 0.5) is 5.69 Å². The SMILES string of the molecule is Cc1ccc(N(S(=O)(=O)c2ccc(Br)cc2)S(=O)(=O)c2ccc(Br)cc2)c(-n2cccc2)c1C. The Bertz CT molecular complexity index is 1470. The molecule has 0 saturated carbocycles. The van der Waals surface area contributed by atoms with Gasteiger partial charge in [-0.05, 0) is 91.7 Å². The summed E-state index contributed by atoms with van der Waals surface area (Å²) in [6, 6.07) is 18.6. The number of halogens is 2. The zero-order valence-corrected chi connectivity index (χ0v) is 23.0. The van der Waals surface area contributed by atoms with E-state index in [4.69, 9.17) is 0 Å². The van der Waals surface area contributed by atoms with Crippen LogP contribution in [0, 0.1) is 13.8 Å². The average Bonchev–Trinajstić information content (AvgIpc) is 3.31. The molecule has 1 aromatic heterocycles. The second-order valence-electron chi connectivity index (χ2n) is 7.58. The van der Waals surface area contributed by atoms with Gasteiger partial charge in [0.1, 0.15) is 0 Å². The summed E-state index contributed by atoms with van der Waals surface area (Å²) in [5, 5.41) is 0. The molecule has 10 heteroatoms. The Morgan fingerprint density at radius 3 is 1.56 bits per heavy atom. The van der Waals surface area contributed by atoms with Crippen molar-refractivity contribution >= 4 is 57.6 Å². The van der Waals surface area contributed by atoms with Gasteiger partial charge >= 0.3 is 0 Å². The minimum absolute atomic E-state index is 0.0325. The Kier molecular flexibility index (Phi) is 6.78. The first-order valence-corrected chi connectivity index (χ1v) is 14.6. The van der Waals surface area contributed by atoms with E-state index in [1.54, 1.807) is 59.4 Å². The third-order valence-electron chi connectivity index (χ3n) is 5.40. The number of hydrogen-bond donors (Lipinski definition) is 0. The fourth-order valence-corrected chi connectivity index (χ4v) is 7.77. The highest BCUT2D eigenvalue weighted by atomic mass is 79.9. The van der Waals surface area contributed by atoms with Crippen LogP contribution in [0.2, 0.25) is 0 Å². The summed E-state index contributed by atoms with van der Waals surface area (Å²) in [5.41, 5.74) is 2.15. The van der Waals surface area contributed by atoms with E-state index in [1.165, 1.54) is 30.3 Å². The highest BCUT2D eigenvalue weighted by Crippen LogP contribution is 2.38. The van der Waals surface area contributed by atoms with Crippen LogP contribution < -0.4 is 3.71 Å². The maximum absolute atomic E-state index is 14.0. The lowest BCUT2D eigenvalue weighted by Crippen LogP contribution is -2.38. The summed E-state index contributed by atoms with van der Waals surface area (Å²) in [6.07, 6.45) is 3.50. The van der Waals surface area contributed by atoms with Crippen molar-refractivity contribution in [1.29, 1.82) is 0 Å². The van der Waals surface area contributed by atoms with Crippen LogP contribution in [0.1, 0.15) is 11.1 Å². The molecular formula is C24H20Br2N2O4S2. The quantitative estimate of drug-likeness (QED) is 0.256. The van der Waals surface area contributed by atoms with Gasteiger partial charge < -0.3 is 4.57 Å². The maximum atomic E-state index is 14.0. The molecule has 0 saturated heterocycles. The number of anilines is 1. The number of rotatable bonds is 6. The van der Waals surface area contributed by atoms with Gasteiger partial charge in [0.05, 0.1) is 21.2 Å². The highest BCUT2D eigenvalue weighted by Gasteiger charge is 2.39. The minimum atomic E-state index is -4.53. The number of sulfonamides is 2. The third kappa shape index (κ3) is 4.47. The molecule has 0 fully saturated rings. The molecule has 6 nitrogen and oxygen atoms in total. The molecule has 0 aliphatic rings. The molecule has 0 bridgehead atoms. The lowest BCUT2D eigenvalue weighted by molar-refractivity contribution is 0.584. The van der Waals surface area contributed by atoms with Crippen molar-refractivity contribution in [2.24, 2.45) is 0 Å².